The van der Waals surface area contributed by atoms with E-state index in [-0.39, 0.29) is 18.3 Å². The number of carboxylic acid groups (broad SMARTS) is 1. The van der Waals surface area contributed by atoms with E-state index in [9.17, 15) is 14.0 Å². The molecule has 0 aromatic carbocycles. The summed E-state index contributed by atoms with van der Waals surface area (Å²) in [5.41, 5.74) is -0.449. The molecule has 0 aliphatic carbocycles. The Morgan fingerprint density at radius 1 is 1.45 bits per heavy atom. The van der Waals surface area contributed by atoms with Gasteiger partial charge in [-0.1, -0.05) is 0 Å². The number of hydrogen-bond donors (Lipinski definition) is 1. The lowest BCUT2D eigenvalue weighted by Crippen LogP contribution is -2.38. The molecule has 1 N–H and O–H groups in total. The molecule has 1 saturated heterocycles. The Bertz CT molecular complexity index is 530. The van der Waals surface area contributed by atoms with Crippen LogP contribution in [0.15, 0.2) is 12.3 Å². The highest BCUT2D eigenvalue weighted by atomic mass is 19.1. The summed E-state index contributed by atoms with van der Waals surface area (Å²) in [5.74, 6) is -2.51. The molecule has 0 radical (unpaired) electrons. The standard InChI is InChI=1S/C13H16FN3O3/c1-16(8-10(18)17-6-2-3-7-17)12-11(14)9(13(19)20)4-5-15-12/h4-5H,2-3,6-8H2,1H3,(H,19,20). The van der Waals surface area contributed by atoms with Crippen LogP contribution in [-0.2, 0) is 4.79 Å². The lowest BCUT2D eigenvalue weighted by atomic mass is 10.2. The molecule has 7 heteroatoms. The molecule has 0 spiro atoms. The number of aromatic nitrogens is 1. The second-order valence-electron chi connectivity index (χ2n) is 4.75. The van der Waals surface area contributed by atoms with Gasteiger partial charge in [-0.15, -0.1) is 0 Å². The monoisotopic (exact) mass is 281 g/mol. The minimum atomic E-state index is -1.36. The maximum absolute atomic E-state index is 14.0. The van der Waals surface area contributed by atoms with Crippen LogP contribution in [0.25, 0.3) is 0 Å². The minimum Gasteiger partial charge on any atom is -0.478 e. The maximum Gasteiger partial charge on any atom is 0.338 e. The number of amides is 1. The molecule has 0 saturated carbocycles. The third-order valence-corrected chi connectivity index (χ3v) is 3.29. The number of likely N-dealkylation sites (N-methyl/N-ethyl adjacent to an activating group) is 1. The van der Waals surface area contributed by atoms with Crippen LogP contribution >= 0.6 is 0 Å². The summed E-state index contributed by atoms with van der Waals surface area (Å²) in [6, 6.07) is 1.09. The summed E-state index contributed by atoms with van der Waals surface area (Å²) in [7, 11) is 1.52. The smallest absolute Gasteiger partial charge is 0.338 e. The van der Waals surface area contributed by atoms with Crippen molar-refractivity contribution in [1.82, 2.24) is 9.88 Å². The van der Waals surface area contributed by atoms with E-state index in [2.05, 4.69) is 4.98 Å². The van der Waals surface area contributed by atoms with E-state index >= 15 is 0 Å². The second-order valence-corrected chi connectivity index (χ2v) is 4.75. The molecule has 1 aromatic rings. The van der Waals surface area contributed by atoms with E-state index < -0.39 is 17.3 Å². The van der Waals surface area contributed by atoms with Crippen molar-refractivity contribution in [3.05, 3.63) is 23.6 Å². The molecule has 0 atom stereocenters. The Hall–Kier alpha value is -2.18. The predicted molar refractivity (Wildman–Crippen MR) is 70.2 cm³/mol. The topological polar surface area (TPSA) is 73.7 Å². The first-order valence-corrected chi connectivity index (χ1v) is 6.37. The Balaban J connectivity index is 2.12. The van der Waals surface area contributed by atoms with Crippen molar-refractivity contribution < 1.29 is 19.1 Å². The summed E-state index contributed by atoms with van der Waals surface area (Å²) >= 11 is 0. The quantitative estimate of drug-likeness (QED) is 0.890. The van der Waals surface area contributed by atoms with Gasteiger partial charge in [-0.3, -0.25) is 4.79 Å². The van der Waals surface area contributed by atoms with E-state index in [4.69, 9.17) is 5.11 Å². The number of aromatic carboxylic acids is 1. The number of hydrogen-bond acceptors (Lipinski definition) is 4. The van der Waals surface area contributed by atoms with Gasteiger partial charge in [-0.05, 0) is 18.9 Å². The number of pyridine rings is 1. The molecule has 0 bridgehead atoms. The average molecular weight is 281 g/mol. The van der Waals surface area contributed by atoms with Crippen molar-refractivity contribution in [1.29, 1.82) is 0 Å². The first-order chi connectivity index (χ1) is 9.50. The van der Waals surface area contributed by atoms with Gasteiger partial charge in [-0.25, -0.2) is 14.2 Å². The highest BCUT2D eigenvalue weighted by Gasteiger charge is 2.22. The van der Waals surface area contributed by atoms with Gasteiger partial charge in [0.25, 0.3) is 0 Å². The number of nitrogens with zero attached hydrogens (tertiary/aromatic N) is 3. The van der Waals surface area contributed by atoms with Crippen LogP contribution in [0.5, 0.6) is 0 Å². The molecular formula is C13H16FN3O3. The maximum atomic E-state index is 14.0. The third-order valence-electron chi connectivity index (χ3n) is 3.29. The number of likely N-dealkylation sites (tertiary alicyclic amines) is 1. The van der Waals surface area contributed by atoms with Crippen LogP contribution in [0.4, 0.5) is 10.2 Å². The lowest BCUT2D eigenvalue weighted by Gasteiger charge is -2.22. The molecule has 1 fully saturated rings. The van der Waals surface area contributed by atoms with Gasteiger partial charge in [-0.2, -0.15) is 0 Å². The van der Waals surface area contributed by atoms with Crippen molar-refractivity contribution in [3.8, 4) is 0 Å². The Morgan fingerprint density at radius 2 is 2.10 bits per heavy atom. The predicted octanol–water partition coefficient (Wildman–Crippen LogP) is 0.977. The molecule has 0 unspecified atom stereocenters. The fraction of sp³-hybridized carbons (Fsp3) is 0.462. The molecule has 1 amide bonds. The second kappa shape index (κ2) is 5.85. The van der Waals surface area contributed by atoms with Gasteiger partial charge in [0.2, 0.25) is 5.91 Å². The van der Waals surface area contributed by atoms with E-state index in [0.29, 0.717) is 0 Å². The minimum absolute atomic E-state index is 0.0208. The molecule has 1 aliphatic rings. The van der Waals surface area contributed by atoms with Gasteiger partial charge in [0.05, 0.1) is 6.54 Å². The van der Waals surface area contributed by atoms with Crippen molar-refractivity contribution in [2.45, 2.75) is 12.8 Å². The largest absolute Gasteiger partial charge is 0.478 e. The molecule has 2 heterocycles. The fourth-order valence-electron chi connectivity index (χ4n) is 2.21. The Kier molecular flexibility index (Phi) is 4.16. The van der Waals surface area contributed by atoms with E-state index in [0.717, 1.165) is 32.0 Å². The molecule has 1 aromatic heterocycles. The summed E-state index contributed by atoms with van der Waals surface area (Å²) in [6.07, 6.45) is 3.19. The number of carbonyl (C=O) groups excluding carboxylic acids is 1. The van der Waals surface area contributed by atoms with E-state index in [1.807, 2.05) is 0 Å². The zero-order chi connectivity index (χ0) is 14.7. The first-order valence-electron chi connectivity index (χ1n) is 6.37. The van der Waals surface area contributed by atoms with E-state index in [1.165, 1.54) is 18.1 Å². The number of rotatable bonds is 4. The van der Waals surface area contributed by atoms with Crippen molar-refractivity contribution in [2.24, 2.45) is 0 Å². The SMILES string of the molecule is CN(CC(=O)N1CCCC1)c1nccc(C(=O)O)c1F. The average Bonchev–Trinajstić information content (AvgIpc) is 2.92. The van der Waals surface area contributed by atoms with Crippen LogP contribution in [0.1, 0.15) is 23.2 Å². The van der Waals surface area contributed by atoms with Gasteiger partial charge < -0.3 is 14.9 Å². The van der Waals surface area contributed by atoms with Crippen molar-refractivity contribution in [3.63, 3.8) is 0 Å². The molecule has 2 rings (SSSR count). The number of carboxylic acids is 1. The summed E-state index contributed by atoms with van der Waals surface area (Å²) in [5, 5.41) is 8.86. The third kappa shape index (κ3) is 2.87. The van der Waals surface area contributed by atoms with Crippen molar-refractivity contribution >= 4 is 17.7 Å². The molecule has 1 aliphatic heterocycles. The zero-order valence-corrected chi connectivity index (χ0v) is 11.2. The van der Waals surface area contributed by atoms with Crippen LogP contribution in [0, 0.1) is 5.82 Å². The Labute approximate surface area is 115 Å². The molecular weight excluding hydrogens is 265 g/mol. The number of halogens is 1. The van der Waals surface area contributed by atoms with Gasteiger partial charge >= 0.3 is 5.97 Å². The summed E-state index contributed by atoms with van der Waals surface area (Å²) < 4.78 is 14.0. The van der Waals surface area contributed by atoms with Gasteiger partial charge in [0.1, 0.15) is 5.56 Å². The zero-order valence-electron chi connectivity index (χ0n) is 11.2. The van der Waals surface area contributed by atoms with Crippen LogP contribution in [0.2, 0.25) is 0 Å². The van der Waals surface area contributed by atoms with Gasteiger partial charge in [0.15, 0.2) is 11.6 Å². The molecule has 6 nitrogen and oxygen atoms in total. The molecule has 108 valence electrons. The highest BCUT2D eigenvalue weighted by Crippen LogP contribution is 2.19. The summed E-state index contributed by atoms with van der Waals surface area (Å²) in [6.45, 7) is 1.42. The number of carbonyl (C=O) groups is 2. The highest BCUT2D eigenvalue weighted by molar-refractivity contribution is 5.89. The first kappa shape index (κ1) is 14.2. The lowest BCUT2D eigenvalue weighted by molar-refractivity contribution is -0.128. The normalized spacial score (nSPS) is 14.4. The van der Waals surface area contributed by atoms with Crippen molar-refractivity contribution in [2.75, 3.05) is 31.6 Å². The van der Waals surface area contributed by atoms with Gasteiger partial charge in [0, 0.05) is 26.3 Å². The van der Waals surface area contributed by atoms with Crippen LogP contribution in [0.3, 0.4) is 0 Å². The van der Waals surface area contributed by atoms with Crippen LogP contribution in [-0.4, -0.2) is 53.5 Å². The summed E-state index contributed by atoms with van der Waals surface area (Å²) in [4.78, 5) is 29.7. The fourth-order valence-corrected chi connectivity index (χ4v) is 2.21. The van der Waals surface area contributed by atoms with Crippen LogP contribution < -0.4 is 4.90 Å². The Morgan fingerprint density at radius 3 is 2.70 bits per heavy atom. The molecule has 20 heavy (non-hydrogen) atoms. The van der Waals surface area contributed by atoms with E-state index in [1.54, 1.807) is 4.90 Å². The number of anilines is 1.